The van der Waals surface area contributed by atoms with Gasteiger partial charge in [0.1, 0.15) is 30.9 Å². The molecule has 11 heteroatoms. The Morgan fingerprint density at radius 3 is 2.63 bits per heavy atom. The van der Waals surface area contributed by atoms with E-state index in [1.807, 2.05) is 35.1 Å². The van der Waals surface area contributed by atoms with E-state index in [-0.39, 0.29) is 30.0 Å². The molecule has 2 heterocycles. The lowest BCUT2D eigenvalue weighted by molar-refractivity contribution is -0.117. The summed E-state index contributed by atoms with van der Waals surface area (Å²) in [5.74, 6) is -1.62. The smallest absolute Gasteiger partial charge is 0.326 e. The lowest BCUT2D eigenvalue weighted by Gasteiger charge is -2.21. The molecule has 1 saturated heterocycles. The molecule has 5 rings (SSSR count). The topological polar surface area (TPSA) is 111 Å². The van der Waals surface area contributed by atoms with Crippen molar-refractivity contribution in [3.63, 3.8) is 0 Å². The van der Waals surface area contributed by atoms with E-state index in [1.165, 1.54) is 4.68 Å². The first-order chi connectivity index (χ1) is 16.9. The molecule has 1 fully saturated rings. The molecule has 0 aliphatic carbocycles. The minimum absolute atomic E-state index is 0.00881. The summed E-state index contributed by atoms with van der Waals surface area (Å²) < 4.78 is 51.0. The van der Waals surface area contributed by atoms with Crippen LogP contribution in [0.2, 0.25) is 0 Å². The Bertz CT molecular complexity index is 1550. The first-order valence-electron chi connectivity index (χ1n) is 10.6. The van der Waals surface area contributed by atoms with Crippen LogP contribution >= 0.6 is 0 Å². The van der Waals surface area contributed by atoms with E-state index >= 15 is 4.39 Å². The molecular weight excluding hydrogens is 475 g/mol. The summed E-state index contributed by atoms with van der Waals surface area (Å²) in [5.41, 5.74) is 1.74. The number of anilines is 1. The van der Waals surface area contributed by atoms with Gasteiger partial charge in [-0.25, -0.2) is 13.4 Å². The zero-order valence-electron chi connectivity index (χ0n) is 18.2. The van der Waals surface area contributed by atoms with Crippen LogP contribution in [-0.4, -0.2) is 36.9 Å². The summed E-state index contributed by atoms with van der Waals surface area (Å²) in [6, 6.07) is 15.7. The summed E-state index contributed by atoms with van der Waals surface area (Å²) in [7, 11) is -4.28. The lowest BCUT2D eigenvalue weighted by atomic mass is 10.0. The maximum absolute atomic E-state index is 16.0. The van der Waals surface area contributed by atoms with Crippen LogP contribution in [0, 0.1) is 5.82 Å². The molecule has 4 aromatic rings. The van der Waals surface area contributed by atoms with Gasteiger partial charge in [-0.05, 0) is 28.6 Å². The molecule has 178 valence electrons. The predicted octanol–water partition coefficient (Wildman–Crippen LogP) is 2.80. The lowest BCUT2D eigenvalue weighted by Crippen LogP contribution is -2.30. The molecule has 9 nitrogen and oxygen atoms in total. The highest BCUT2D eigenvalue weighted by atomic mass is 32.2. The Hall–Kier alpha value is -4.25. The number of fused-ring (bicyclic) bond motifs is 1. The molecule has 1 aliphatic heterocycles. The van der Waals surface area contributed by atoms with Crippen LogP contribution in [-0.2, 0) is 33.0 Å². The van der Waals surface area contributed by atoms with Crippen LogP contribution in [0.5, 0.6) is 5.75 Å². The zero-order valence-corrected chi connectivity index (χ0v) is 19.0. The molecule has 0 radical (unpaired) electrons. The van der Waals surface area contributed by atoms with Crippen LogP contribution < -0.4 is 13.8 Å². The summed E-state index contributed by atoms with van der Waals surface area (Å²) in [6.07, 6.45) is 3.92. The summed E-state index contributed by atoms with van der Waals surface area (Å²) >= 11 is 0. The number of hydrogen-bond acceptors (Lipinski definition) is 6. The fourth-order valence-electron chi connectivity index (χ4n) is 3.91. The molecule has 1 N–H and O–H groups in total. The van der Waals surface area contributed by atoms with Gasteiger partial charge in [0.2, 0.25) is 0 Å². The van der Waals surface area contributed by atoms with Crippen LogP contribution in [0.25, 0.3) is 21.9 Å². The number of aldehydes is 1. The second-order valence-corrected chi connectivity index (χ2v) is 9.50. The third kappa shape index (κ3) is 4.33. The Labute approximate surface area is 199 Å². The second-order valence-electron chi connectivity index (χ2n) is 7.90. The van der Waals surface area contributed by atoms with Gasteiger partial charge in [0.15, 0.2) is 5.82 Å². The number of amides is 1. The number of benzene rings is 3. The maximum Gasteiger partial charge on any atom is 0.326 e. The molecule has 3 aromatic carbocycles. The zero-order chi connectivity index (χ0) is 24.6. The number of ether oxygens (including phenoxy) is 1. The monoisotopic (exact) mass is 494 g/mol. The largest absolute Gasteiger partial charge is 0.487 e. The van der Waals surface area contributed by atoms with Crippen molar-refractivity contribution >= 4 is 38.9 Å². The first-order valence-corrected chi connectivity index (χ1v) is 12.0. The molecule has 0 atom stereocenters. The first kappa shape index (κ1) is 22.5. The fourth-order valence-corrected chi connectivity index (χ4v) is 5.07. The average molecular weight is 495 g/mol. The minimum Gasteiger partial charge on any atom is -0.487 e. The Morgan fingerprint density at radius 1 is 1.11 bits per heavy atom. The van der Waals surface area contributed by atoms with Gasteiger partial charge in [-0.15, -0.1) is 0 Å². The highest BCUT2D eigenvalue weighted by Crippen LogP contribution is 2.40. The molecule has 1 amide bonds. The van der Waals surface area contributed by atoms with Crippen molar-refractivity contribution in [2.24, 2.45) is 0 Å². The molecule has 0 bridgehead atoms. The number of nitrogens with zero attached hydrogens (tertiary/aromatic N) is 3. The van der Waals surface area contributed by atoms with Crippen molar-refractivity contribution in [1.82, 2.24) is 14.5 Å². The Balaban J connectivity index is 1.63. The van der Waals surface area contributed by atoms with Crippen molar-refractivity contribution in [3.05, 3.63) is 78.4 Å². The fraction of sp³-hybridized carbons (Fsp3) is 0.125. The van der Waals surface area contributed by atoms with Crippen LogP contribution in [0.3, 0.4) is 0 Å². The van der Waals surface area contributed by atoms with Crippen LogP contribution in [0.15, 0.2) is 67.0 Å². The van der Waals surface area contributed by atoms with E-state index < -0.39 is 28.5 Å². The standard InChI is InChI=1S/C24H19FN4O5S/c25-23-20-10-17(19-12-26-28(13-19)8-9-30)6-7-18(20)11-21(34-15-16-4-2-1-3-5-16)24(23)29-14-22(31)27-35(29,32)33/h1-7,9-13H,8,14-15H2,(H,27,31). The van der Waals surface area contributed by atoms with E-state index in [4.69, 9.17) is 4.74 Å². The molecule has 0 saturated carbocycles. The van der Waals surface area contributed by atoms with E-state index in [2.05, 4.69) is 5.10 Å². The number of aromatic nitrogens is 2. The van der Waals surface area contributed by atoms with Gasteiger partial charge in [0, 0.05) is 17.1 Å². The van der Waals surface area contributed by atoms with E-state index in [1.54, 1.807) is 36.7 Å². The number of halogens is 1. The molecular formula is C24H19FN4O5S. The number of carbonyl (C=O) groups excluding carboxylic acids is 2. The minimum atomic E-state index is -4.28. The predicted molar refractivity (Wildman–Crippen MR) is 126 cm³/mol. The molecule has 0 unspecified atom stereocenters. The van der Waals surface area contributed by atoms with Gasteiger partial charge < -0.3 is 9.53 Å². The van der Waals surface area contributed by atoms with Gasteiger partial charge in [-0.1, -0.05) is 42.5 Å². The van der Waals surface area contributed by atoms with E-state index in [9.17, 15) is 18.0 Å². The normalized spacial score (nSPS) is 14.8. The van der Waals surface area contributed by atoms with Gasteiger partial charge >= 0.3 is 10.2 Å². The van der Waals surface area contributed by atoms with Gasteiger partial charge in [0.05, 0.1) is 12.7 Å². The van der Waals surface area contributed by atoms with Crippen LogP contribution in [0.1, 0.15) is 5.56 Å². The van der Waals surface area contributed by atoms with Crippen molar-refractivity contribution in [2.45, 2.75) is 13.2 Å². The van der Waals surface area contributed by atoms with Crippen LogP contribution in [0.4, 0.5) is 10.1 Å². The molecule has 1 aliphatic rings. The SMILES string of the molecule is O=CCn1cc(-c2ccc3cc(OCc4ccccc4)c(N4CC(=O)NS4(=O)=O)c(F)c3c2)cn1. The van der Waals surface area contributed by atoms with Crippen molar-refractivity contribution in [3.8, 4) is 16.9 Å². The third-order valence-electron chi connectivity index (χ3n) is 5.55. The second kappa shape index (κ2) is 8.84. The van der Waals surface area contributed by atoms with Crippen molar-refractivity contribution in [1.29, 1.82) is 0 Å². The van der Waals surface area contributed by atoms with Gasteiger partial charge in [0.25, 0.3) is 5.91 Å². The molecule has 35 heavy (non-hydrogen) atoms. The average Bonchev–Trinajstić information content (AvgIpc) is 3.41. The van der Waals surface area contributed by atoms with Crippen molar-refractivity contribution in [2.75, 3.05) is 10.8 Å². The summed E-state index contributed by atoms with van der Waals surface area (Å²) in [5, 5.41) is 4.72. The Morgan fingerprint density at radius 2 is 1.91 bits per heavy atom. The van der Waals surface area contributed by atoms with Crippen molar-refractivity contribution < 1.29 is 27.1 Å². The highest BCUT2D eigenvalue weighted by Gasteiger charge is 2.38. The van der Waals surface area contributed by atoms with Gasteiger partial charge in [-0.2, -0.15) is 13.5 Å². The summed E-state index contributed by atoms with van der Waals surface area (Å²) in [4.78, 5) is 22.6. The molecule has 1 aromatic heterocycles. The highest BCUT2D eigenvalue weighted by molar-refractivity contribution is 7.92. The van der Waals surface area contributed by atoms with E-state index in [0.717, 1.165) is 5.56 Å². The van der Waals surface area contributed by atoms with Gasteiger partial charge in [-0.3, -0.25) is 9.48 Å². The number of nitrogens with one attached hydrogen (secondary N) is 1. The molecule has 0 spiro atoms. The number of carbonyl (C=O) groups is 2. The van der Waals surface area contributed by atoms with E-state index in [0.29, 0.717) is 27.1 Å². The quantitative estimate of drug-likeness (QED) is 0.396. The number of rotatable bonds is 7. The maximum atomic E-state index is 16.0. The Kier molecular flexibility index (Phi) is 5.69. The summed E-state index contributed by atoms with van der Waals surface area (Å²) in [6.45, 7) is -0.408. The number of hydrogen-bond donors (Lipinski definition) is 1. The third-order valence-corrected chi connectivity index (χ3v) is 6.93.